The summed E-state index contributed by atoms with van der Waals surface area (Å²) >= 11 is 0. The van der Waals surface area contributed by atoms with Gasteiger partial charge < -0.3 is 4.90 Å². The maximum absolute atomic E-state index is 12.7. The Morgan fingerprint density at radius 1 is 1.33 bits per heavy atom. The quantitative estimate of drug-likeness (QED) is 0.810. The van der Waals surface area contributed by atoms with Gasteiger partial charge in [-0.25, -0.2) is 0 Å². The maximum atomic E-state index is 12.7. The highest BCUT2D eigenvalue weighted by molar-refractivity contribution is 5.94. The van der Waals surface area contributed by atoms with Gasteiger partial charge in [-0.3, -0.25) is 4.79 Å². The van der Waals surface area contributed by atoms with Crippen LogP contribution >= 0.6 is 0 Å². The molecule has 3 rings (SSSR count). The van der Waals surface area contributed by atoms with Crippen LogP contribution in [0.1, 0.15) is 62.4 Å². The Labute approximate surface area is 128 Å². The molecule has 1 saturated heterocycles. The van der Waals surface area contributed by atoms with Crippen LogP contribution in [0.3, 0.4) is 0 Å². The summed E-state index contributed by atoms with van der Waals surface area (Å²) in [4.78, 5) is 14.7. The molecule has 0 unspecified atom stereocenters. The molecule has 0 aromatic heterocycles. The smallest absolute Gasteiger partial charge is 0.253 e. The second kappa shape index (κ2) is 5.15. The predicted molar refractivity (Wildman–Crippen MR) is 86.4 cm³/mol. The number of hydrogen-bond acceptors (Lipinski definition) is 1. The maximum Gasteiger partial charge on any atom is 0.253 e. The molecule has 114 valence electrons. The SMILES string of the molecule is CC(C)[C@H]1C[C@@H]1c1cccc(C(=O)N2CCC(C)(C)C2)c1. The van der Waals surface area contributed by atoms with Gasteiger partial charge in [-0.15, -0.1) is 0 Å². The van der Waals surface area contributed by atoms with E-state index in [2.05, 4.69) is 45.9 Å². The van der Waals surface area contributed by atoms with Gasteiger partial charge in [0.1, 0.15) is 0 Å². The van der Waals surface area contributed by atoms with E-state index in [-0.39, 0.29) is 11.3 Å². The zero-order chi connectivity index (χ0) is 15.2. The van der Waals surface area contributed by atoms with Crippen LogP contribution in [0.15, 0.2) is 24.3 Å². The lowest BCUT2D eigenvalue weighted by molar-refractivity contribution is 0.0778. The number of hydrogen-bond donors (Lipinski definition) is 0. The molecule has 1 aromatic carbocycles. The average molecular weight is 285 g/mol. The van der Waals surface area contributed by atoms with Crippen LogP contribution < -0.4 is 0 Å². The lowest BCUT2D eigenvalue weighted by atomic mass is 9.93. The van der Waals surface area contributed by atoms with Crippen molar-refractivity contribution < 1.29 is 4.79 Å². The first kappa shape index (κ1) is 14.6. The fraction of sp³-hybridized carbons (Fsp3) is 0.632. The van der Waals surface area contributed by atoms with Crippen LogP contribution in [0.25, 0.3) is 0 Å². The molecule has 2 fully saturated rings. The second-order valence-electron chi connectivity index (χ2n) is 8.02. The third-order valence-corrected chi connectivity index (χ3v) is 5.22. The fourth-order valence-corrected chi connectivity index (χ4v) is 3.71. The van der Waals surface area contributed by atoms with Gasteiger partial charge in [-0.2, -0.15) is 0 Å². The summed E-state index contributed by atoms with van der Waals surface area (Å²) in [6, 6.07) is 8.36. The summed E-state index contributed by atoms with van der Waals surface area (Å²) in [5, 5.41) is 0. The van der Waals surface area contributed by atoms with Gasteiger partial charge in [0.2, 0.25) is 0 Å². The molecule has 0 N–H and O–H groups in total. The predicted octanol–water partition coefficient (Wildman–Crippen LogP) is 4.32. The van der Waals surface area contributed by atoms with E-state index in [1.165, 1.54) is 12.0 Å². The molecule has 0 spiro atoms. The van der Waals surface area contributed by atoms with Gasteiger partial charge >= 0.3 is 0 Å². The van der Waals surface area contributed by atoms with Gasteiger partial charge in [0, 0.05) is 18.7 Å². The highest BCUT2D eigenvalue weighted by Gasteiger charge is 2.40. The van der Waals surface area contributed by atoms with Crippen molar-refractivity contribution in [2.75, 3.05) is 13.1 Å². The number of benzene rings is 1. The Kier molecular flexibility index (Phi) is 3.59. The Hall–Kier alpha value is -1.31. The number of carbonyl (C=O) groups is 1. The summed E-state index contributed by atoms with van der Waals surface area (Å²) in [5.74, 6) is 2.44. The van der Waals surface area contributed by atoms with Crippen LogP contribution in [-0.4, -0.2) is 23.9 Å². The summed E-state index contributed by atoms with van der Waals surface area (Å²) < 4.78 is 0. The summed E-state index contributed by atoms with van der Waals surface area (Å²) in [6.45, 7) is 10.9. The lowest BCUT2D eigenvalue weighted by Crippen LogP contribution is -2.30. The monoisotopic (exact) mass is 285 g/mol. The van der Waals surface area contributed by atoms with Crippen molar-refractivity contribution in [3.8, 4) is 0 Å². The van der Waals surface area contributed by atoms with E-state index in [1.807, 2.05) is 11.0 Å². The van der Waals surface area contributed by atoms with Crippen molar-refractivity contribution in [1.82, 2.24) is 4.90 Å². The Balaban J connectivity index is 1.73. The Morgan fingerprint density at radius 2 is 2.10 bits per heavy atom. The molecule has 1 amide bonds. The minimum absolute atomic E-state index is 0.212. The molecule has 21 heavy (non-hydrogen) atoms. The number of likely N-dealkylation sites (tertiary alicyclic amines) is 1. The van der Waals surface area contributed by atoms with Gasteiger partial charge in [0.05, 0.1) is 0 Å². The minimum atomic E-state index is 0.212. The van der Waals surface area contributed by atoms with Crippen LogP contribution in [0.5, 0.6) is 0 Å². The molecular weight excluding hydrogens is 258 g/mol. The largest absolute Gasteiger partial charge is 0.338 e. The average Bonchev–Trinajstić information content (AvgIpc) is 3.16. The Bertz CT molecular complexity index is 546. The van der Waals surface area contributed by atoms with Crippen molar-refractivity contribution in [3.05, 3.63) is 35.4 Å². The van der Waals surface area contributed by atoms with E-state index in [1.54, 1.807) is 0 Å². The minimum Gasteiger partial charge on any atom is -0.338 e. The normalized spacial score (nSPS) is 27.2. The zero-order valence-corrected chi connectivity index (χ0v) is 13.7. The highest BCUT2D eigenvalue weighted by atomic mass is 16.2. The van der Waals surface area contributed by atoms with Crippen LogP contribution in [0.4, 0.5) is 0 Å². The second-order valence-corrected chi connectivity index (χ2v) is 8.02. The molecule has 1 aromatic rings. The van der Waals surface area contributed by atoms with E-state index >= 15 is 0 Å². The van der Waals surface area contributed by atoms with Gasteiger partial charge in [-0.05, 0) is 53.7 Å². The van der Waals surface area contributed by atoms with Gasteiger partial charge in [-0.1, -0.05) is 39.8 Å². The van der Waals surface area contributed by atoms with E-state index in [4.69, 9.17) is 0 Å². The first-order chi connectivity index (χ1) is 9.87. The molecule has 0 radical (unpaired) electrons. The van der Waals surface area contributed by atoms with Crippen LogP contribution in [0.2, 0.25) is 0 Å². The molecular formula is C19H27NO. The van der Waals surface area contributed by atoms with Crippen molar-refractivity contribution >= 4 is 5.91 Å². The van der Waals surface area contributed by atoms with E-state index in [0.29, 0.717) is 5.92 Å². The van der Waals surface area contributed by atoms with Gasteiger partial charge in [0.25, 0.3) is 5.91 Å². The fourth-order valence-electron chi connectivity index (χ4n) is 3.71. The van der Waals surface area contributed by atoms with Crippen molar-refractivity contribution in [2.45, 2.75) is 46.5 Å². The third-order valence-electron chi connectivity index (χ3n) is 5.22. The van der Waals surface area contributed by atoms with Crippen molar-refractivity contribution in [2.24, 2.45) is 17.3 Å². The van der Waals surface area contributed by atoms with E-state index in [9.17, 15) is 4.79 Å². The third kappa shape index (κ3) is 3.00. The molecule has 2 aliphatic rings. The van der Waals surface area contributed by atoms with E-state index < -0.39 is 0 Å². The number of amides is 1. The molecule has 1 aliphatic heterocycles. The van der Waals surface area contributed by atoms with Crippen molar-refractivity contribution in [3.63, 3.8) is 0 Å². The number of rotatable bonds is 3. The molecule has 2 nitrogen and oxygen atoms in total. The van der Waals surface area contributed by atoms with Crippen molar-refractivity contribution in [1.29, 1.82) is 0 Å². The highest BCUT2D eigenvalue weighted by Crippen LogP contribution is 2.51. The first-order valence-corrected chi connectivity index (χ1v) is 8.27. The standard InChI is InChI=1S/C19H27NO/c1-13(2)16-11-17(16)14-6-5-7-15(10-14)18(21)20-9-8-19(3,4)12-20/h5-7,10,13,16-17H,8-9,11-12H2,1-4H3/t16-,17-/m1/s1. The molecule has 2 heteroatoms. The first-order valence-electron chi connectivity index (χ1n) is 8.27. The van der Waals surface area contributed by atoms with Gasteiger partial charge in [0.15, 0.2) is 0 Å². The molecule has 2 atom stereocenters. The summed E-state index contributed by atoms with van der Waals surface area (Å²) in [5.41, 5.74) is 2.50. The zero-order valence-electron chi connectivity index (χ0n) is 13.7. The Morgan fingerprint density at radius 3 is 2.67 bits per heavy atom. The number of carbonyl (C=O) groups excluding carboxylic acids is 1. The van der Waals surface area contributed by atoms with E-state index in [0.717, 1.165) is 36.9 Å². The molecule has 1 aliphatic carbocycles. The summed E-state index contributed by atoms with van der Waals surface area (Å²) in [6.07, 6.45) is 2.39. The molecule has 1 saturated carbocycles. The topological polar surface area (TPSA) is 20.3 Å². The summed E-state index contributed by atoms with van der Waals surface area (Å²) in [7, 11) is 0. The lowest BCUT2D eigenvalue weighted by Gasteiger charge is -2.20. The van der Waals surface area contributed by atoms with Crippen LogP contribution in [-0.2, 0) is 0 Å². The molecule has 0 bridgehead atoms. The van der Waals surface area contributed by atoms with Crippen LogP contribution in [0, 0.1) is 17.3 Å². The number of nitrogens with zero attached hydrogens (tertiary/aromatic N) is 1. The molecule has 1 heterocycles.